The van der Waals surface area contributed by atoms with Crippen LogP contribution in [0, 0.1) is 5.92 Å². The molecule has 0 bridgehead atoms. The van der Waals surface area contributed by atoms with E-state index in [1.165, 1.54) is 257 Å². The minimum atomic E-state index is -4.96. The van der Waals surface area contributed by atoms with Crippen molar-refractivity contribution in [2.75, 3.05) is 39.6 Å². The third kappa shape index (κ3) is 74.3. The molecule has 3 N–H and O–H groups in total. The van der Waals surface area contributed by atoms with Crippen LogP contribution in [0.4, 0.5) is 0 Å². The molecule has 100 heavy (non-hydrogen) atoms. The summed E-state index contributed by atoms with van der Waals surface area (Å²) in [5.74, 6) is -1.31. The van der Waals surface area contributed by atoms with Crippen LogP contribution in [0.1, 0.15) is 433 Å². The lowest BCUT2D eigenvalue weighted by atomic mass is 10.0. The number of phosphoric acid groups is 2. The molecule has 0 aliphatic heterocycles. The summed E-state index contributed by atoms with van der Waals surface area (Å²) in [7, 11) is -9.92. The molecule has 0 aromatic carbocycles. The first-order valence-corrected chi connectivity index (χ1v) is 45.1. The second kappa shape index (κ2) is 73.9. The van der Waals surface area contributed by atoms with Gasteiger partial charge in [-0.25, -0.2) is 9.13 Å². The van der Waals surface area contributed by atoms with E-state index >= 15 is 0 Å². The Hall–Kier alpha value is -1.94. The van der Waals surface area contributed by atoms with Crippen molar-refractivity contribution in [3.8, 4) is 0 Å². The minimum absolute atomic E-state index is 0.109. The quantitative estimate of drug-likeness (QED) is 0.0222. The number of hydrogen-bond acceptors (Lipinski definition) is 15. The first-order valence-electron chi connectivity index (χ1n) is 42.1. The number of ether oxygens (including phenoxy) is 4. The second-order valence-electron chi connectivity index (χ2n) is 29.6. The number of aliphatic hydroxyl groups is 1. The summed E-state index contributed by atoms with van der Waals surface area (Å²) in [5.41, 5.74) is 0. The largest absolute Gasteiger partial charge is 0.472 e. The number of aliphatic hydroxyl groups excluding tert-OH is 1. The monoisotopic (exact) mass is 1470 g/mol. The molecule has 0 heterocycles. The van der Waals surface area contributed by atoms with Crippen LogP contribution in [0.2, 0.25) is 0 Å². The lowest BCUT2D eigenvalue weighted by molar-refractivity contribution is -0.161. The first-order chi connectivity index (χ1) is 48.5. The van der Waals surface area contributed by atoms with Gasteiger partial charge in [-0.2, -0.15) is 0 Å². The highest BCUT2D eigenvalue weighted by molar-refractivity contribution is 7.47. The van der Waals surface area contributed by atoms with Crippen molar-refractivity contribution in [2.45, 2.75) is 451 Å². The van der Waals surface area contributed by atoms with E-state index in [0.717, 1.165) is 95.8 Å². The maximum atomic E-state index is 13.1. The third-order valence-corrected chi connectivity index (χ3v) is 20.9. The maximum Gasteiger partial charge on any atom is 0.472 e. The minimum Gasteiger partial charge on any atom is -0.462 e. The molecule has 0 aliphatic carbocycles. The number of unbranched alkanes of at least 4 members (excludes halogenated alkanes) is 53. The molecule has 17 nitrogen and oxygen atoms in total. The lowest BCUT2D eigenvalue weighted by Gasteiger charge is -2.21. The van der Waals surface area contributed by atoms with Gasteiger partial charge in [-0.05, 0) is 31.6 Å². The van der Waals surface area contributed by atoms with Gasteiger partial charge >= 0.3 is 39.5 Å². The molecule has 594 valence electrons. The molecule has 19 heteroatoms. The van der Waals surface area contributed by atoms with E-state index in [1.807, 2.05) is 0 Å². The molecule has 0 aliphatic rings. The molecule has 0 amide bonds. The predicted octanol–water partition coefficient (Wildman–Crippen LogP) is 24.4. The van der Waals surface area contributed by atoms with Gasteiger partial charge in [0.25, 0.3) is 0 Å². The fraction of sp³-hybridized carbons (Fsp3) is 0.951. The van der Waals surface area contributed by atoms with Crippen molar-refractivity contribution in [2.24, 2.45) is 5.92 Å². The Bertz CT molecular complexity index is 1910. The molecule has 0 rings (SSSR count). The molecular weight excluding hydrogens is 1310 g/mol. The average Bonchev–Trinajstić information content (AvgIpc) is 1.000. The van der Waals surface area contributed by atoms with Gasteiger partial charge in [-0.1, -0.05) is 381 Å². The van der Waals surface area contributed by atoms with Crippen molar-refractivity contribution in [3.63, 3.8) is 0 Å². The van der Waals surface area contributed by atoms with Crippen LogP contribution in [-0.4, -0.2) is 96.7 Å². The number of phosphoric ester groups is 2. The Morgan fingerprint density at radius 1 is 0.270 bits per heavy atom. The first kappa shape index (κ1) is 98.1. The zero-order valence-corrected chi connectivity index (χ0v) is 67.1. The summed E-state index contributed by atoms with van der Waals surface area (Å²) in [6.07, 6.45) is 65.1. The normalized spacial score (nSPS) is 13.8. The van der Waals surface area contributed by atoms with Gasteiger partial charge in [0.2, 0.25) is 0 Å². The van der Waals surface area contributed by atoms with E-state index in [2.05, 4.69) is 34.6 Å². The van der Waals surface area contributed by atoms with Crippen molar-refractivity contribution in [1.29, 1.82) is 0 Å². The van der Waals surface area contributed by atoms with Crippen LogP contribution in [0.25, 0.3) is 0 Å². The van der Waals surface area contributed by atoms with Gasteiger partial charge < -0.3 is 33.8 Å². The van der Waals surface area contributed by atoms with Crippen LogP contribution in [0.3, 0.4) is 0 Å². The highest BCUT2D eigenvalue weighted by atomic mass is 31.2. The van der Waals surface area contributed by atoms with E-state index in [4.69, 9.17) is 37.0 Å². The molecule has 0 aromatic heterocycles. The maximum absolute atomic E-state index is 13.1. The Balaban J connectivity index is 5.24. The average molecular weight is 1470 g/mol. The number of esters is 4. The fourth-order valence-electron chi connectivity index (χ4n) is 12.6. The SMILES string of the molecule is CCCCCCCCCCCCCCCCCCCCC(=O)O[C@H](COC(=O)CCCCCCCCCCCCCCCCC(C)C)COP(=O)(O)OC[C@@H](O)COP(=O)(O)OC[C@@H](COC(=O)CCCCCCCCCCCC)OC(=O)CCCCCCCCCCCCCCCCC. The molecule has 2 unspecified atom stereocenters. The second-order valence-corrected chi connectivity index (χ2v) is 32.5. The van der Waals surface area contributed by atoms with Crippen LogP contribution < -0.4 is 0 Å². The van der Waals surface area contributed by atoms with E-state index in [0.29, 0.717) is 25.7 Å². The molecule has 0 spiro atoms. The van der Waals surface area contributed by atoms with Gasteiger partial charge in [0.05, 0.1) is 26.4 Å². The summed E-state index contributed by atoms with van der Waals surface area (Å²) >= 11 is 0. The smallest absolute Gasteiger partial charge is 0.462 e. The van der Waals surface area contributed by atoms with Gasteiger partial charge in [0, 0.05) is 25.7 Å². The summed E-state index contributed by atoms with van der Waals surface area (Å²) in [6, 6.07) is 0. The Kier molecular flexibility index (Phi) is 72.5. The number of carbonyl (C=O) groups excluding carboxylic acids is 4. The Labute approximate surface area is 613 Å². The molecule has 0 saturated heterocycles. The van der Waals surface area contributed by atoms with Crippen LogP contribution in [0.15, 0.2) is 0 Å². The molecular formula is C81H158O17P2. The van der Waals surface area contributed by atoms with Crippen molar-refractivity contribution in [1.82, 2.24) is 0 Å². The highest BCUT2D eigenvalue weighted by Gasteiger charge is 2.30. The van der Waals surface area contributed by atoms with E-state index in [-0.39, 0.29) is 25.7 Å². The van der Waals surface area contributed by atoms with E-state index in [9.17, 15) is 43.2 Å². The zero-order valence-electron chi connectivity index (χ0n) is 65.3. The Morgan fingerprint density at radius 3 is 0.680 bits per heavy atom. The predicted molar refractivity (Wildman–Crippen MR) is 409 cm³/mol. The van der Waals surface area contributed by atoms with E-state index in [1.54, 1.807) is 0 Å². The zero-order chi connectivity index (χ0) is 73.4. The van der Waals surface area contributed by atoms with Crippen LogP contribution in [0.5, 0.6) is 0 Å². The Morgan fingerprint density at radius 2 is 0.460 bits per heavy atom. The summed E-state index contributed by atoms with van der Waals surface area (Å²) < 4.78 is 68.7. The molecule has 5 atom stereocenters. The number of carbonyl (C=O) groups is 4. The van der Waals surface area contributed by atoms with Gasteiger partial charge in [0.15, 0.2) is 12.2 Å². The molecule has 0 saturated carbocycles. The number of hydrogen-bond donors (Lipinski definition) is 3. The van der Waals surface area contributed by atoms with Crippen molar-refractivity contribution in [3.05, 3.63) is 0 Å². The van der Waals surface area contributed by atoms with Gasteiger partial charge in [0.1, 0.15) is 19.3 Å². The lowest BCUT2D eigenvalue weighted by Crippen LogP contribution is -2.30. The summed E-state index contributed by atoms with van der Waals surface area (Å²) in [4.78, 5) is 73.0. The summed E-state index contributed by atoms with van der Waals surface area (Å²) in [6.45, 7) is 7.35. The fourth-order valence-corrected chi connectivity index (χ4v) is 14.2. The summed E-state index contributed by atoms with van der Waals surface area (Å²) in [5, 5.41) is 10.6. The third-order valence-electron chi connectivity index (χ3n) is 19.0. The van der Waals surface area contributed by atoms with Gasteiger partial charge in [-0.15, -0.1) is 0 Å². The van der Waals surface area contributed by atoms with Crippen molar-refractivity contribution >= 4 is 39.5 Å². The topological polar surface area (TPSA) is 237 Å². The van der Waals surface area contributed by atoms with Crippen LogP contribution >= 0.6 is 15.6 Å². The standard InChI is InChI=1S/C81H158O17P2/c1-6-9-12-15-18-21-24-26-28-29-30-32-38-42-47-52-57-62-67-81(86)98-77(71-92-79(84)65-60-55-50-45-40-36-34-33-35-39-43-48-53-58-63-74(4)5)73-96-100(89,90)94-69-75(82)68-93-99(87,88)95-72-76(70-91-78(83)64-59-54-49-44-23-20-17-14-11-8-3)97-80(85)66-61-56-51-46-41-37-31-27-25-22-19-16-13-10-7-2/h74-77,82H,6-73H2,1-5H3,(H,87,88)(H,89,90)/t75-,76+,77+/m0/s1. The highest BCUT2D eigenvalue weighted by Crippen LogP contribution is 2.45. The number of rotatable bonds is 81. The van der Waals surface area contributed by atoms with Crippen LogP contribution in [-0.2, 0) is 65.4 Å². The molecule has 0 radical (unpaired) electrons. The van der Waals surface area contributed by atoms with Crippen molar-refractivity contribution < 1.29 is 80.2 Å². The van der Waals surface area contributed by atoms with E-state index < -0.39 is 97.5 Å². The molecule has 0 aromatic rings. The van der Waals surface area contributed by atoms with Gasteiger partial charge in [-0.3, -0.25) is 37.3 Å². The molecule has 0 fully saturated rings.